The molecule has 0 radical (unpaired) electrons. The van der Waals surface area contributed by atoms with Gasteiger partial charge in [-0.25, -0.2) is 0 Å². The van der Waals surface area contributed by atoms with Gasteiger partial charge in [-0.3, -0.25) is 0 Å². The quantitative estimate of drug-likeness (QED) is 0.771. The first-order valence-corrected chi connectivity index (χ1v) is 5.50. The van der Waals surface area contributed by atoms with Gasteiger partial charge in [0, 0.05) is 11.3 Å². The Labute approximate surface area is 88.4 Å². The molecule has 1 saturated heterocycles. The van der Waals surface area contributed by atoms with E-state index in [1.54, 1.807) is 0 Å². The lowest BCUT2D eigenvalue weighted by Gasteiger charge is -2.20. The van der Waals surface area contributed by atoms with Gasteiger partial charge in [-0.05, 0) is 38.1 Å². The van der Waals surface area contributed by atoms with E-state index in [1.165, 1.54) is 5.39 Å². The number of nitrogens with one attached hydrogen (secondary N) is 1. The molecule has 1 aromatic carbocycles. The highest BCUT2D eigenvalue weighted by Crippen LogP contribution is 2.30. The lowest BCUT2D eigenvalue weighted by atomic mass is 9.93. The second-order valence-electron chi connectivity index (χ2n) is 4.09. The van der Waals surface area contributed by atoms with Crippen LogP contribution in [0.1, 0.15) is 24.5 Å². The number of rotatable bonds is 1. The van der Waals surface area contributed by atoms with E-state index in [0.29, 0.717) is 5.92 Å². The van der Waals surface area contributed by atoms with Crippen molar-refractivity contribution in [2.24, 2.45) is 0 Å². The Morgan fingerprint density at radius 2 is 2.00 bits per heavy atom. The second kappa shape index (κ2) is 3.66. The van der Waals surface area contributed by atoms with Gasteiger partial charge in [-0.1, -0.05) is 17.3 Å². The molecule has 0 atom stereocenters. The van der Waals surface area contributed by atoms with Crippen LogP contribution < -0.4 is 5.32 Å². The van der Waals surface area contributed by atoms with Gasteiger partial charge in [0.15, 0.2) is 0 Å². The summed E-state index contributed by atoms with van der Waals surface area (Å²) in [5.74, 6) is 1.62. The fourth-order valence-corrected chi connectivity index (χ4v) is 2.29. The van der Waals surface area contributed by atoms with Crippen molar-refractivity contribution >= 4 is 10.9 Å². The molecule has 1 aliphatic rings. The number of nitrogens with zero attached hydrogens (tertiary/aromatic N) is 1. The number of piperidine rings is 1. The minimum absolute atomic E-state index is 0.540. The largest absolute Gasteiger partial charge is 0.360 e. The van der Waals surface area contributed by atoms with E-state index in [-0.39, 0.29) is 0 Å². The standard InChI is InChI=1S/C12H14N2O/c1-2-4-11-10(3-1)12(15-14-11)9-5-7-13-8-6-9/h1-4,9,13H,5-8H2. The van der Waals surface area contributed by atoms with Crippen LogP contribution >= 0.6 is 0 Å². The summed E-state index contributed by atoms with van der Waals surface area (Å²) in [7, 11) is 0. The van der Waals surface area contributed by atoms with Crippen molar-refractivity contribution < 1.29 is 4.52 Å². The highest BCUT2D eigenvalue weighted by molar-refractivity contribution is 5.80. The summed E-state index contributed by atoms with van der Waals surface area (Å²) in [4.78, 5) is 0. The van der Waals surface area contributed by atoms with Gasteiger partial charge in [0.25, 0.3) is 0 Å². The SMILES string of the molecule is c1ccc2c(C3CCNCC3)onc2c1. The predicted octanol–water partition coefficient (Wildman–Crippen LogP) is 2.29. The molecule has 0 unspecified atom stereocenters. The highest BCUT2D eigenvalue weighted by Gasteiger charge is 2.21. The van der Waals surface area contributed by atoms with Crippen molar-refractivity contribution in [2.45, 2.75) is 18.8 Å². The molecule has 78 valence electrons. The fourth-order valence-electron chi connectivity index (χ4n) is 2.29. The lowest BCUT2D eigenvalue weighted by Crippen LogP contribution is -2.26. The fraction of sp³-hybridized carbons (Fsp3) is 0.417. The third-order valence-corrected chi connectivity index (χ3v) is 3.12. The van der Waals surface area contributed by atoms with Gasteiger partial charge in [0.2, 0.25) is 0 Å². The number of fused-ring (bicyclic) bond motifs is 1. The minimum atomic E-state index is 0.540. The summed E-state index contributed by atoms with van der Waals surface area (Å²) in [6, 6.07) is 8.15. The van der Waals surface area contributed by atoms with E-state index in [4.69, 9.17) is 4.52 Å². The van der Waals surface area contributed by atoms with Crippen LogP contribution in [0.3, 0.4) is 0 Å². The van der Waals surface area contributed by atoms with Gasteiger partial charge >= 0.3 is 0 Å². The molecule has 0 bridgehead atoms. The Hall–Kier alpha value is -1.35. The van der Waals surface area contributed by atoms with Crippen molar-refractivity contribution in [3.63, 3.8) is 0 Å². The maximum absolute atomic E-state index is 5.48. The zero-order valence-electron chi connectivity index (χ0n) is 8.57. The van der Waals surface area contributed by atoms with Crippen LogP contribution in [0.4, 0.5) is 0 Å². The summed E-state index contributed by atoms with van der Waals surface area (Å²) in [6.07, 6.45) is 2.30. The van der Waals surface area contributed by atoms with Crippen molar-refractivity contribution in [2.75, 3.05) is 13.1 Å². The second-order valence-corrected chi connectivity index (χ2v) is 4.09. The Balaban J connectivity index is 2.02. The zero-order valence-corrected chi connectivity index (χ0v) is 8.57. The highest BCUT2D eigenvalue weighted by atomic mass is 16.5. The Kier molecular flexibility index (Phi) is 2.18. The smallest absolute Gasteiger partial charge is 0.147 e. The van der Waals surface area contributed by atoms with E-state index >= 15 is 0 Å². The number of hydrogen-bond acceptors (Lipinski definition) is 3. The number of aromatic nitrogens is 1. The molecular weight excluding hydrogens is 188 g/mol. The molecule has 1 N–H and O–H groups in total. The molecule has 0 spiro atoms. The van der Waals surface area contributed by atoms with Gasteiger partial charge in [0.05, 0.1) is 0 Å². The topological polar surface area (TPSA) is 38.1 Å². The molecule has 1 aliphatic heterocycles. The van der Waals surface area contributed by atoms with Gasteiger partial charge in [-0.15, -0.1) is 0 Å². The third kappa shape index (κ3) is 1.53. The van der Waals surface area contributed by atoms with Gasteiger partial charge in [0.1, 0.15) is 11.3 Å². The number of hydrogen-bond donors (Lipinski definition) is 1. The summed E-state index contributed by atoms with van der Waals surface area (Å²) in [5, 5.41) is 8.65. The summed E-state index contributed by atoms with van der Waals surface area (Å²) < 4.78 is 5.48. The summed E-state index contributed by atoms with van der Waals surface area (Å²) in [5.41, 5.74) is 0.978. The van der Waals surface area contributed by atoms with Crippen molar-refractivity contribution in [1.82, 2.24) is 10.5 Å². The maximum atomic E-state index is 5.48. The molecule has 15 heavy (non-hydrogen) atoms. The van der Waals surface area contributed by atoms with Crippen LogP contribution in [-0.4, -0.2) is 18.2 Å². The van der Waals surface area contributed by atoms with E-state index < -0.39 is 0 Å². The molecule has 0 amide bonds. The minimum Gasteiger partial charge on any atom is -0.360 e. The molecular formula is C12H14N2O. The molecule has 2 aromatic rings. The monoisotopic (exact) mass is 202 g/mol. The van der Waals surface area contributed by atoms with Crippen LogP contribution in [-0.2, 0) is 0 Å². The van der Waals surface area contributed by atoms with Crippen LogP contribution in [0.2, 0.25) is 0 Å². The normalized spacial score (nSPS) is 18.4. The molecule has 0 aliphatic carbocycles. The molecule has 3 heteroatoms. The zero-order chi connectivity index (χ0) is 10.1. The first kappa shape index (κ1) is 8.92. The Morgan fingerprint density at radius 3 is 2.87 bits per heavy atom. The summed E-state index contributed by atoms with van der Waals surface area (Å²) >= 11 is 0. The molecule has 3 rings (SSSR count). The third-order valence-electron chi connectivity index (χ3n) is 3.12. The van der Waals surface area contributed by atoms with Crippen molar-refractivity contribution in [3.05, 3.63) is 30.0 Å². The molecule has 1 fully saturated rings. The lowest BCUT2D eigenvalue weighted by molar-refractivity contribution is 0.333. The van der Waals surface area contributed by atoms with E-state index in [1.807, 2.05) is 18.2 Å². The van der Waals surface area contributed by atoms with Crippen LogP contribution in [0.25, 0.3) is 10.9 Å². The summed E-state index contributed by atoms with van der Waals surface area (Å²) in [6.45, 7) is 2.17. The predicted molar refractivity (Wildman–Crippen MR) is 58.9 cm³/mol. The van der Waals surface area contributed by atoms with Crippen molar-refractivity contribution in [3.8, 4) is 0 Å². The Bertz CT molecular complexity index is 457. The average Bonchev–Trinajstić information content (AvgIpc) is 2.74. The van der Waals surface area contributed by atoms with Crippen LogP contribution in [0.5, 0.6) is 0 Å². The van der Waals surface area contributed by atoms with Crippen molar-refractivity contribution in [1.29, 1.82) is 0 Å². The van der Waals surface area contributed by atoms with E-state index in [9.17, 15) is 0 Å². The van der Waals surface area contributed by atoms with Crippen LogP contribution in [0, 0.1) is 0 Å². The average molecular weight is 202 g/mol. The maximum Gasteiger partial charge on any atom is 0.147 e. The molecule has 0 saturated carbocycles. The molecule has 2 heterocycles. The van der Waals surface area contributed by atoms with E-state index in [0.717, 1.165) is 37.2 Å². The van der Waals surface area contributed by atoms with E-state index in [2.05, 4.69) is 16.5 Å². The molecule has 1 aromatic heterocycles. The van der Waals surface area contributed by atoms with Crippen LogP contribution in [0.15, 0.2) is 28.8 Å². The van der Waals surface area contributed by atoms with Gasteiger partial charge in [-0.2, -0.15) is 0 Å². The number of benzene rings is 1. The first-order valence-electron chi connectivity index (χ1n) is 5.50. The molecule has 3 nitrogen and oxygen atoms in total. The first-order chi connectivity index (χ1) is 7.45. The Morgan fingerprint density at radius 1 is 1.20 bits per heavy atom. The van der Waals surface area contributed by atoms with Gasteiger partial charge < -0.3 is 9.84 Å².